The van der Waals surface area contributed by atoms with Crippen LogP contribution in [-0.4, -0.2) is 38.3 Å². The zero-order chi connectivity index (χ0) is 12.3. The van der Waals surface area contributed by atoms with E-state index in [-0.39, 0.29) is 18.3 Å². The molecule has 1 amide bonds. The topological polar surface area (TPSA) is 50.4 Å². The van der Waals surface area contributed by atoms with Crippen LogP contribution in [0.4, 0.5) is 0 Å². The molecule has 0 aromatic carbocycles. The minimum atomic E-state index is 0. The van der Waals surface area contributed by atoms with Gasteiger partial charge in [-0.05, 0) is 32.2 Å². The summed E-state index contributed by atoms with van der Waals surface area (Å²) in [6.45, 7) is 5.54. The number of hydrogen-bond acceptors (Lipinski definition) is 3. The van der Waals surface area contributed by atoms with E-state index in [0.717, 1.165) is 45.6 Å². The van der Waals surface area contributed by atoms with Crippen LogP contribution in [0.3, 0.4) is 0 Å². The van der Waals surface area contributed by atoms with Gasteiger partial charge >= 0.3 is 0 Å². The fraction of sp³-hybridized carbons (Fsp3) is 0.923. The van der Waals surface area contributed by atoms with E-state index in [1.807, 2.05) is 0 Å². The molecular weight excluding hydrogens is 252 g/mol. The van der Waals surface area contributed by atoms with Gasteiger partial charge in [0.05, 0.1) is 0 Å². The molecule has 0 spiro atoms. The molecule has 1 fully saturated rings. The summed E-state index contributed by atoms with van der Waals surface area (Å²) in [5.41, 5.74) is 0. The molecule has 1 aliphatic heterocycles. The maximum absolute atomic E-state index is 11.5. The van der Waals surface area contributed by atoms with E-state index in [4.69, 9.17) is 4.74 Å². The van der Waals surface area contributed by atoms with Gasteiger partial charge in [-0.15, -0.1) is 12.4 Å². The third-order valence-corrected chi connectivity index (χ3v) is 3.02. The molecule has 1 heterocycles. The fourth-order valence-corrected chi connectivity index (χ4v) is 1.98. The highest BCUT2D eigenvalue weighted by molar-refractivity contribution is 5.85. The van der Waals surface area contributed by atoms with Gasteiger partial charge in [0, 0.05) is 32.2 Å². The number of unbranched alkanes of at least 4 members (excludes halogenated alkanes) is 1. The summed E-state index contributed by atoms with van der Waals surface area (Å²) in [5, 5.41) is 6.27. The minimum Gasteiger partial charge on any atom is -0.381 e. The smallest absolute Gasteiger partial charge is 0.221 e. The molecule has 108 valence electrons. The molecule has 0 bridgehead atoms. The zero-order valence-electron chi connectivity index (χ0n) is 11.4. The molecule has 0 aromatic heterocycles. The van der Waals surface area contributed by atoms with Gasteiger partial charge < -0.3 is 15.4 Å². The van der Waals surface area contributed by atoms with Crippen molar-refractivity contribution in [2.24, 2.45) is 0 Å². The molecular formula is C13H27ClN2O2. The average molecular weight is 279 g/mol. The molecule has 1 unspecified atom stereocenters. The summed E-state index contributed by atoms with van der Waals surface area (Å²) < 4.78 is 5.43. The molecule has 1 aliphatic rings. The summed E-state index contributed by atoms with van der Waals surface area (Å²) in [6.07, 6.45) is 6.16. The molecule has 0 saturated carbocycles. The van der Waals surface area contributed by atoms with E-state index in [0.29, 0.717) is 12.5 Å². The lowest BCUT2D eigenvalue weighted by Gasteiger charge is -2.10. The molecule has 18 heavy (non-hydrogen) atoms. The largest absolute Gasteiger partial charge is 0.381 e. The molecule has 0 aromatic rings. The molecule has 5 heteroatoms. The van der Waals surface area contributed by atoms with Gasteiger partial charge in [-0.1, -0.05) is 13.3 Å². The zero-order valence-corrected chi connectivity index (χ0v) is 12.2. The molecule has 0 aliphatic carbocycles. The van der Waals surface area contributed by atoms with Crippen LogP contribution in [0.1, 0.15) is 45.4 Å². The number of halogens is 1. The van der Waals surface area contributed by atoms with Gasteiger partial charge in [0.25, 0.3) is 0 Å². The minimum absolute atomic E-state index is 0. The van der Waals surface area contributed by atoms with Crippen molar-refractivity contribution in [2.45, 2.75) is 51.5 Å². The Balaban J connectivity index is 0.00000289. The van der Waals surface area contributed by atoms with Crippen LogP contribution >= 0.6 is 12.4 Å². The van der Waals surface area contributed by atoms with Crippen LogP contribution in [0.2, 0.25) is 0 Å². The predicted molar refractivity (Wildman–Crippen MR) is 76.2 cm³/mol. The molecule has 1 saturated heterocycles. The summed E-state index contributed by atoms with van der Waals surface area (Å²) in [7, 11) is 0. The third kappa shape index (κ3) is 8.72. The van der Waals surface area contributed by atoms with Crippen molar-refractivity contribution in [1.29, 1.82) is 0 Å². The van der Waals surface area contributed by atoms with Gasteiger partial charge in [-0.2, -0.15) is 0 Å². The SMILES string of the molecule is CCCCOCCCNC(=O)CC1CCCN1.Cl. The quantitative estimate of drug-likeness (QED) is 0.633. The van der Waals surface area contributed by atoms with E-state index in [1.165, 1.54) is 12.8 Å². The predicted octanol–water partition coefficient (Wildman–Crippen LogP) is 1.87. The molecule has 1 atom stereocenters. The number of ether oxygens (including phenoxy) is 1. The van der Waals surface area contributed by atoms with Gasteiger partial charge in [-0.3, -0.25) is 4.79 Å². The van der Waals surface area contributed by atoms with E-state index in [9.17, 15) is 4.79 Å². The number of rotatable bonds is 9. The van der Waals surface area contributed by atoms with Crippen LogP contribution in [0.15, 0.2) is 0 Å². The Morgan fingerprint density at radius 1 is 1.39 bits per heavy atom. The molecule has 1 rings (SSSR count). The molecule has 2 N–H and O–H groups in total. The van der Waals surface area contributed by atoms with Crippen molar-refractivity contribution >= 4 is 18.3 Å². The van der Waals surface area contributed by atoms with Crippen LogP contribution in [-0.2, 0) is 9.53 Å². The highest BCUT2D eigenvalue weighted by Crippen LogP contribution is 2.07. The van der Waals surface area contributed by atoms with E-state index in [1.54, 1.807) is 0 Å². The fourth-order valence-electron chi connectivity index (χ4n) is 1.98. The van der Waals surface area contributed by atoms with E-state index < -0.39 is 0 Å². The van der Waals surface area contributed by atoms with Crippen LogP contribution in [0.5, 0.6) is 0 Å². The summed E-state index contributed by atoms with van der Waals surface area (Å²) in [4.78, 5) is 11.5. The van der Waals surface area contributed by atoms with Crippen molar-refractivity contribution in [3.63, 3.8) is 0 Å². The van der Waals surface area contributed by atoms with Gasteiger partial charge in [0.1, 0.15) is 0 Å². The first-order chi connectivity index (χ1) is 8.33. The maximum Gasteiger partial charge on any atom is 0.221 e. The van der Waals surface area contributed by atoms with E-state index in [2.05, 4.69) is 17.6 Å². The Hall–Kier alpha value is -0.320. The number of nitrogens with one attached hydrogen (secondary N) is 2. The standard InChI is InChI=1S/C13H26N2O2.ClH/c1-2-3-9-17-10-5-8-15-13(16)11-12-6-4-7-14-12;/h12,14H,2-11H2,1H3,(H,15,16);1H. The average Bonchev–Trinajstić information content (AvgIpc) is 2.80. The van der Waals surface area contributed by atoms with Crippen molar-refractivity contribution < 1.29 is 9.53 Å². The summed E-state index contributed by atoms with van der Waals surface area (Å²) in [6, 6.07) is 0.399. The lowest BCUT2D eigenvalue weighted by Crippen LogP contribution is -2.32. The van der Waals surface area contributed by atoms with Crippen LogP contribution in [0.25, 0.3) is 0 Å². The maximum atomic E-state index is 11.5. The Bertz CT molecular complexity index is 209. The normalized spacial score (nSPS) is 18.4. The molecule has 0 radical (unpaired) electrons. The van der Waals surface area contributed by atoms with Gasteiger partial charge in [0.2, 0.25) is 5.91 Å². The number of hydrogen-bond donors (Lipinski definition) is 2. The first-order valence-corrected chi connectivity index (χ1v) is 6.90. The second kappa shape index (κ2) is 11.8. The summed E-state index contributed by atoms with van der Waals surface area (Å²) >= 11 is 0. The van der Waals surface area contributed by atoms with Crippen molar-refractivity contribution in [1.82, 2.24) is 10.6 Å². The van der Waals surface area contributed by atoms with Crippen molar-refractivity contribution in [2.75, 3.05) is 26.3 Å². The monoisotopic (exact) mass is 278 g/mol. The molecule has 4 nitrogen and oxygen atoms in total. The van der Waals surface area contributed by atoms with Crippen LogP contribution < -0.4 is 10.6 Å². The Morgan fingerprint density at radius 2 is 2.17 bits per heavy atom. The van der Waals surface area contributed by atoms with Gasteiger partial charge in [-0.25, -0.2) is 0 Å². The first-order valence-electron chi connectivity index (χ1n) is 6.90. The van der Waals surface area contributed by atoms with Gasteiger partial charge in [0.15, 0.2) is 0 Å². The number of carbonyl (C=O) groups excluding carboxylic acids is 1. The number of amides is 1. The Morgan fingerprint density at radius 3 is 2.83 bits per heavy atom. The highest BCUT2D eigenvalue weighted by Gasteiger charge is 2.16. The number of carbonyl (C=O) groups is 1. The van der Waals surface area contributed by atoms with Crippen molar-refractivity contribution in [3.05, 3.63) is 0 Å². The second-order valence-corrected chi connectivity index (χ2v) is 4.67. The van der Waals surface area contributed by atoms with Crippen LogP contribution in [0, 0.1) is 0 Å². The second-order valence-electron chi connectivity index (χ2n) is 4.67. The Labute approximate surface area is 117 Å². The highest BCUT2D eigenvalue weighted by atomic mass is 35.5. The lowest BCUT2D eigenvalue weighted by molar-refractivity contribution is -0.121. The van der Waals surface area contributed by atoms with E-state index >= 15 is 0 Å². The summed E-state index contributed by atoms with van der Waals surface area (Å²) in [5.74, 6) is 0.165. The van der Waals surface area contributed by atoms with Crippen molar-refractivity contribution in [3.8, 4) is 0 Å². The third-order valence-electron chi connectivity index (χ3n) is 3.02. The first kappa shape index (κ1) is 17.7. The Kier molecular flexibility index (Phi) is 11.5. The lowest BCUT2D eigenvalue weighted by atomic mass is 10.1.